The lowest BCUT2D eigenvalue weighted by molar-refractivity contribution is -0.384. The topological polar surface area (TPSA) is 81.5 Å². The van der Waals surface area contributed by atoms with Gasteiger partial charge in [-0.05, 0) is 35.6 Å². The van der Waals surface area contributed by atoms with Crippen molar-refractivity contribution < 1.29 is 27.6 Å². The van der Waals surface area contributed by atoms with E-state index in [4.69, 9.17) is 0 Å². The number of hydrogen-bond donors (Lipinski definition) is 1. The maximum absolute atomic E-state index is 12.9. The summed E-state index contributed by atoms with van der Waals surface area (Å²) < 4.78 is 43.3. The molecule has 1 N–H and O–H groups in total. The van der Waals surface area contributed by atoms with Crippen molar-refractivity contribution >= 4 is 39.9 Å². The number of nitro benzene ring substituents is 1. The van der Waals surface area contributed by atoms with Crippen LogP contribution in [0.15, 0.2) is 30.0 Å². The summed E-state index contributed by atoms with van der Waals surface area (Å²) in [7, 11) is 0. The smallest absolute Gasteiger partial charge is 0.431 e. The van der Waals surface area contributed by atoms with E-state index in [1.165, 1.54) is 6.92 Å². The summed E-state index contributed by atoms with van der Waals surface area (Å²) in [6.07, 6.45) is -4.52. The summed E-state index contributed by atoms with van der Waals surface area (Å²) in [4.78, 5) is 21.1. The highest BCUT2D eigenvalue weighted by molar-refractivity contribution is 14.1. The lowest BCUT2D eigenvalue weighted by atomic mass is 10.2. The van der Waals surface area contributed by atoms with E-state index in [1.807, 2.05) is 5.32 Å². The van der Waals surface area contributed by atoms with Crippen molar-refractivity contribution in [2.45, 2.75) is 13.1 Å². The van der Waals surface area contributed by atoms with Crippen molar-refractivity contribution in [1.82, 2.24) is 0 Å². The molecule has 10 heteroatoms. The second-order valence-corrected chi connectivity index (χ2v) is 5.02. The molecular formula is C12H10F3IN2O4. The molecule has 120 valence electrons. The molecule has 0 aromatic heterocycles. The van der Waals surface area contributed by atoms with Crippen molar-refractivity contribution in [2.75, 3.05) is 11.9 Å². The summed E-state index contributed by atoms with van der Waals surface area (Å²) in [5.74, 6) is -1.14. The second-order valence-electron chi connectivity index (χ2n) is 3.85. The van der Waals surface area contributed by atoms with Gasteiger partial charge in [-0.3, -0.25) is 10.1 Å². The first-order valence-corrected chi connectivity index (χ1v) is 6.89. The van der Waals surface area contributed by atoms with Gasteiger partial charge in [0.1, 0.15) is 5.70 Å². The summed E-state index contributed by atoms with van der Waals surface area (Å²) in [6, 6.07) is 3.30. The first kappa shape index (κ1) is 18.2. The van der Waals surface area contributed by atoms with Gasteiger partial charge in [-0.1, -0.05) is 0 Å². The molecule has 0 spiro atoms. The Labute approximate surface area is 136 Å². The van der Waals surface area contributed by atoms with Crippen molar-refractivity contribution in [2.24, 2.45) is 0 Å². The number of halogens is 4. The van der Waals surface area contributed by atoms with E-state index in [9.17, 15) is 28.1 Å². The molecule has 0 bridgehead atoms. The number of rotatable bonds is 5. The molecule has 1 rings (SSSR count). The number of alkyl halides is 3. The van der Waals surface area contributed by atoms with Crippen molar-refractivity contribution in [1.29, 1.82) is 0 Å². The number of carbonyl (C=O) groups is 1. The number of allylic oxidation sites excluding steroid dienone is 1. The number of non-ortho nitro benzene ring substituents is 1. The third-order valence-corrected chi connectivity index (χ3v) is 3.18. The lowest BCUT2D eigenvalue weighted by Gasteiger charge is -2.15. The summed E-state index contributed by atoms with van der Waals surface area (Å²) in [5, 5.41) is 12.6. The summed E-state index contributed by atoms with van der Waals surface area (Å²) in [5.41, 5.74) is -1.59. The van der Waals surface area contributed by atoms with Crippen molar-refractivity contribution in [3.05, 3.63) is 43.7 Å². The van der Waals surface area contributed by atoms with E-state index in [1.54, 1.807) is 22.6 Å². The van der Waals surface area contributed by atoms with E-state index in [2.05, 4.69) is 4.74 Å². The van der Waals surface area contributed by atoms with Crippen LogP contribution in [0.1, 0.15) is 6.92 Å². The van der Waals surface area contributed by atoms with Gasteiger partial charge in [0.15, 0.2) is 0 Å². The number of esters is 1. The van der Waals surface area contributed by atoms with E-state index in [-0.39, 0.29) is 21.6 Å². The van der Waals surface area contributed by atoms with Crippen LogP contribution in [0.4, 0.5) is 24.5 Å². The Morgan fingerprint density at radius 1 is 1.50 bits per heavy atom. The average molecular weight is 430 g/mol. The van der Waals surface area contributed by atoms with Crippen LogP contribution in [0.2, 0.25) is 0 Å². The van der Waals surface area contributed by atoms with Gasteiger partial charge in [-0.2, -0.15) is 13.2 Å². The molecule has 1 aromatic rings. The Morgan fingerprint density at radius 2 is 2.14 bits per heavy atom. The lowest BCUT2D eigenvalue weighted by Crippen LogP contribution is -2.21. The molecule has 0 atom stereocenters. The zero-order valence-corrected chi connectivity index (χ0v) is 13.3. The third kappa shape index (κ3) is 5.16. The van der Waals surface area contributed by atoms with Crippen LogP contribution >= 0.6 is 22.6 Å². The Morgan fingerprint density at radius 3 is 2.59 bits per heavy atom. The van der Waals surface area contributed by atoms with Crippen molar-refractivity contribution in [3.8, 4) is 0 Å². The average Bonchev–Trinajstić information content (AvgIpc) is 2.39. The molecule has 0 aliphatic rings. The van der Waals surface area contributed by atoms with E-state index < -0.39 is 22.8 Å². The fraction of sp³-hybridized carbons (Fsp3) is 0.250. The molecule has 0 saturated carbocycles. The number of nitrogens with one attached hydrogen (secondary N) is 1. The predicted octanol–water partition coefficient (Wildman–Crippen LogP) is 3.62. The Bertz CT molecular complexity index is 617. The van der Waals surface area contributed by atoms with Gasteiger partial charge in [0.25, 0.3) is 5.69 Å². The second kappa shape index (κ2) is 7.42. The third-order valence-electron chi connectivity index (χ3n) is 2.29. The zero-order chi connectivity index (χ0) is 16.9. The molecule has 0 unspecified atom stereocenters. The fourth-order valence-electron chi connectivity index (χ4n) is 1.35. The molecule has 22 heavy (non-hydrogen) atoms. The SMILES string of the molecule is CCOC(=O)/C=C(/Nc1ccc([N+](=O)[O-])cc1I)C(F)(F)F. The van der Waals surface area contributed by atoms with Gasteiger partial charge in [-0.15, -0.1) is 0 Å². The highest BCUT2D eigenvalue weighted by atomic mass is 127. The first-order valence-electron chi connectivity index (χ1n) is 5.81. The molecule has 0 saturated heterocycles. The molecule has 0 aliphatic carbocycles. The monoisotopic (exact) mass is 430 g/mol. The molecule has 1 aromatic carbocycles. The molecule has 0 aliphatic heterocycles. The van der Waals surface area contributed by atoms with Gasteiger partial charge >= 0.3 is 12.1 Å². The Balaban J connectivity index is 3.10. The van der Waals surface area contributed by atoms with E-state index >= 15 is 0 Å². The van der Waals surface area contributed by atoms with Crippen molar-refractivity contribution in [3.63, 3.8) is 0 Å². The van der Waals surface area contributed by atoms with E-state index in [0.29, 0.717) is 6.08 Å². The van der Waals surface area contributed by atoms with Crippen LogP contribution in [0.3, 0.4) is 0 Å². The first-order chi connectivity index (χ1) is 10.1. The molecule has 0 heterocycles. The quantitative estimate of drug-likeness (QED) is 0.254. The number of hydrogen-bond acceptors (Lipinski definition) is 5. The number of nitro groups is 1. The number of benzene rings is 1. The van der Waals surface area contributed by atoms with Crippen LogP contribution in [-0.4, -0.2) is 23.7 Å². The maximum atomic E-state index is 12.9. The minimum Gasteiger partial charge on any atom is -0.463 e. The van der Waals surface area contributed by atoms with Crippen LogP contribution in [-0.2, 0) is 9.53 Å². The number of anilines is 1. The summed E-state index contributed by atoms with van der Waals surface area (Å²) >= 11 is 1.65. The fourth-order valence-corrected chi connectivity index (χ4v) is 1.99. The predicted molar refractivity (Wildman–Crippen MR) is 80.2 cm³/mol. The number of nitrogens with zero attached hydrogens (tertiary/aromatic N) is 1. The summed E-state index contributed by atoms with van der Waals surface area (Å²) in [6.45, 7) is 1.40. The van der Waals surface area contributed by atoms with Gasteiger partial charge in [0, 0.05) is 15.7 Å². The van der Waals surface area contributed by atoms with Gasteiger partial charge in [-0.25, -0.2) is 4.79 Å². The Hall–Kier alpha value is -1.85. The van der Waals surface area contributed by atoms with Crippen LogP contribution in [0.25, 0.3) is 0 Å². The van der Waals surface area contributed by atoms with Gasteiger partial charge in [0.05, 0.1) is 23.3 Å². The van der Waals surface area contributed by atoms with Gasteiger partial charge in [0.2, 0.25) is 0 Å². The molecule has 0 amide bonds. The number of ether oxygens (including phenoxy) is 1. The molecule has 0 fully saturated rings. The molecule has 0 radical (unpaired) electrons. The standard InChI is InChI=1S/C12H10F3IN2O4/c1-2-22-11(19)6-10(12(13,14)15)17-9-4-3-7(18(20)21)5-8(9)16/h3-6,17H,2H2,1H3/b10-6+. The van der Waals surface area contributed by atoms with E-state index in [0.717, 1.165) is 18.2 Å². The van der Waals surface area contributed by atoms with Crippen LogP contribution in [0.5, 0.6) is 0 Å². The number of carbonyl (C=O) groups excluding carboxylic acids is 1. The molecular weight excluding hydrogens is 420 g/mol. The molecule has 6 nitrogen and oxygen atoms in total. The highest BCUT2D eigenvalue weighted by Crippen LogP contribution is 2.30. The zero-order valence-electron chi connectivity index (χ0n) is 11.1. The highest BCUT2D eigenvalue weighted by Gasteiger charge is 2.35. The maximum Gasteiger partial charge on any atom is 0.431 e. The minimum atomic E-state index is -4.81. The van der Waals surface area contributed by atoms with Crippen LogP contribution < -0.4 is 5.32 Å². The normalized spacial score (nSPS) is 12.0. The Kier molecular flexibility index (Phi) is 6.14. The van der Waals surface area contributed by atoms with Crippen LogP contribution in [0, 0.1) is 13.7 Å². The minimum absolute atomic E-state index is 0.0147. The van der Waals surface area contributed by atoms with Gasteiger partial charge < -0.3 is 10.1 Å². The largest absolute Gasteiger partial charge is 0.463 e.